The van der Waals surface area contributed by atoms with Crippen LogP contribution in [0.25, 0.3) is 11.3 Å². The molecule has 0 bridgehead atoms. The minimum atomic E-state index is -0.244. The summed E-state index contributed by atoms with van der Waals surface area (Å²) >= 11 is 0. The number of unbranched alkanes of at least 4 members (excludes halogenated alkanes) is 1. The standard InChI is InChI=1S/C24H28FN3O2.ClH/c1-29-24-8-3-2-7-23(24)28-16-14-27(15-17-28)13-5-4-6-21-18-22(26-30-21)19-9-11-20(25)12-10-19;/h2-3,7-12,18H,4-6,13-17H2,1H3;1H. The summed E-state index contributed by atoms with van der Waals surface area (Å²) in [4.78, 5) is 4.93. The van der Waals surface area contributed by atoms with Gasteiger partial charge in [-0.05, 0) is 55.8 Å². The van der Waals surface area contributed by atoms with Crippen LogP contribution in [0.3, 0.4) is 0 Å². The Bertz CT molecular complexity index is 940. The van der Waals surface area contributed by atoms with Gasteiger partial charge < -0.3 is 14.2 Å². The highest BCUT2D eigenvalue weighted by Gasteiger charge is 2.19. The molecule has 2 heterocycles. The maximum absolute atomic E-state index is 13.1. The smallest absolute Gasteiger partial charge is 0.142 e. The van der Waals surface area contributed by atoms with Crippen molar-refractivity contribution in [3.63, 3.8) is 0 Å². The second-order valence-corrected chi connectivity index (χ2v) is 7.64. The Labute approximate surface area is 189 Å². The van der Waals surface area contributed by atoms with Crippen LogP contribution in [0.15, 0.2) is 59.1 Å². The van der Waals surface area contributed by atoms with Crippen LogP contribution < -0.4 is 9.64 Å². The van der Waals surface area contributed by atoms with Crippen LogP contribution in [0.2, 0.25) is 0 Å². The number of halogens is 2. The van der Waals surface area contributed by atoms with Gasteiger partial charge in [-0.2, -0.15) is 0 Å². The quantitative estimate of drug-likeness (QED) is 0.453. The molecule has 1 aromatic heterocycles. The van der Waals surface area contributed by atoms with Crippen molar-refractivity contribution in [2.75, 3.05) is 44.7 Å². The monoisotopic (exact) mass is 445 g/mol. The number of piperazine rings is 1. The molecule has 0 saturated carbocycles. The number of nitrogens with zero attached hydrogens (tertiary/aromatic N) is 3. The van der Waals surface area contributed by atoms with E-state index >= 15 is 0 Å². The third-order valence-corrected chi connectivity index (χ3v) is 5.64. The highest BCUT2D eigenvalue weighted by atomic mass is 35.5. The van der Waals surface area contributed by atoms with Crippen molar-refractivity contribution in [3.8, 4) is 17.0 Å². The van der Waals surface area contributed by atoms with Crippen LogP contribution in [0.4, 0.5) is 10.1 Å². The zero-order chi connectivity index (χ0) is 20.8. The van der Waals surface area contributed by atoms with Crippen molar-refractivity contribution >= 4 is 18.1 Å². The van der Waals surface area contributed by atoms with Gasteiger partial charge in [-0.3, -0.25) is 4.90 Å². The summed E-state index contributed by atoms with van der Waals surface area (Å²) in [5, 5.41) is 4.11. The molecule has 1 saturated heterocycles. The number of para-hydroxylation sites is 2. The van der Waals surface area contributed by atoms with Crippen LogP contribution in [0.5, 0.6) is 5.75 Å². The number of aryl methyl sites for hydroxylation is 1. The van der Waals surface area contributed by atoms with Gasteiger partial charge in [0.15, 0.2) is 0 Å². The van der Waals surface area contributed by atoms with Crippen LogP contribution in [-0.4, -0.2) is 49.9 Å². The number of aromatic nitrogens is 1. The second kappa shape index (κ2) is 11.2. The molecule has 0 unspecified atom stereocenters. The van der Waals surface area contributed by atoms with Crippen molar-refractivity contribution in [3.05, 3.63) is 66.2 Å². The molecule has 3 aromatic rings. The molecule has 0 N–H and O–H groups in total. The molecule has 0 amide bonds. The number of hydrogen-bond acceptors (Lipinski definition) is 5. The first-order valence-electron chi connectivity index (χ1n) is 10.5. The molecule has 1 aliphatic heterocycles. The lowest BCUT2D eigenvalue weighted by molar-refractivity contribution is 0.251. The summed E-state index contributed by atoms with van der Waals surface area (Å²) in [6, 6.07) is 16.5. The predicted octanol–water partition coefficient (Wildman–Crippen LogP) is 5.06. The zero-order valence-corrected chi connectivity index (χ0v) is 18.6. The molecule has 7 heteroatoms. The maximum Gasteiger partial charge on any atom is 0.142 e. The van der Waals surface area contributed by atoms with Gasteiger partial charge in [0.25, 0.3) is 0 Å². The predicted molar refractivity (Wildman–Crippen MR) is 124 cm³/mol. The third-order valence-electron chi connectivity index (χ3n) is 5.64. The number of rotatable bonds is 8. The Morgan fingerprint density at radius 1 is 1.00 bits per heavy atom. The highest BCUT2D eigenvalue weighted by molar-refractivity contribution is 5.85. The van der Waals surface area contributed by atoms with Crippen LogP contribution in [-0.2, 0) is 6.42 Å². The summed E-state index contributed by atoms with van der Waals surface area (Å²) in [5.41, 5.74) is 2.82. The maximum atomic E-state index is 13.1. The van der Waals surface area contributed by atoms with E-state index in [9.17, 15) is 4.39 Å². The van der Waals surface area contributed by atoms with Crippen molar-refractivity contribution < 1.29 is 13.7 Å². The summed E-state index contributed by atoms with van der Waals surface area (Å²) in [7, 11) is 1.73. The van der Waals surface area contributed by atoms with E-state index in [-0.39, 0.29) is 18.2 Å². The van der Waals surface area contributed by atoms with Gasteiger partial charge in [0.1, 0.15) is 23.0 Å². The van der Waals surface area contributed by atoms with Gasteiger partial charge in [0.05, 0.1) is 12.8 Å². The number of hydrogen-bond donors (Lipinski definition) is 0. The number of benzene rings is 2. The first-order chi connectivity index (χ1) is 14.7. The number of anilines is 1. The van der Waals surface area contributed by atoms with E-state index in [1.807, 2.05) is 18.2 Å². The topological polar surface area (TPSA) is 41.7 Å². The van der Waals surface area contributed by atoms with Crippen molar-refractivity contribution in [2.24, 2.45) is 0 Å². The molecule has 1 aliphatic rings. The molecule has 0 radical (unpaired) electrons. The number of methoxy groups -OCH3 is 1. The largest absolute Gasteiger partial charge is 0.495 e. The molecule has 31 heavy (non-hydrogen) atoms. The van der Waals surface area contributed by atoms with Gasteiger partial charge in [-0.15, -0.1) is 12.4 Å². The molecule has 5 nitrogen and oxygen atoms in total. The van der Waals surface area contributed by atoms with E-state index in [1.54, 1.807) is 19.2 Å². The van der Waals surface area contributed by atoms with E-state index in [4.69, 9.17) is 9.26 Å². The molecule has 0 aliphatic carbocycles. The normalized spacial score (nSPS) is 14.3. The van der Waals surface area contributed by atoms with Gasteiger partial charge in [-0.1, -0.05) is 17.3 Å². The number of ether oxygens (including phenoxy) is 1. The Kier molecular flexibility index (Phi) is 8.32. The average Bonchev–Trinajstić information content (AvgIpc) is 3.26. The third kappa shape index (κ3) is 5.99. The minimum Gasteiger partial charge on any atom is -0.495 e. The van der Waals surface area contributed by atoms with Crippen LogP contribution in [0, 0.1) is 5.82 Å². The fourth-order valence-corrected chi connectivity index (χ4v) is 3.93. The fourth-order valence-electron chi connectivity index (χ4n) is 3.93. The van der Waals surface area contributed by atoms with E-state index in [0.717, 1.165) is 74.8 Å². The van der Waals surface area contributed by atoms with Crippen molar-refractivity contribution in [2.45, 2.75) is 19.3 Å². The molecule has 4 rings (SSSR count). The Morgan fingerprint density at radius 2 is 1.74 bits per heavy atom. The van der Waals surface area contributed by atoms with E-state index in [0.29, 0.717) is 0 Å². The van der Waals surface area contributed by atoms with Crippen molar-refractivity contribution in [1.29, 1.82) is 0 Å². The highest BCUT2D eigenvalue weighted by Crippen LogP contribution is 2.28. The molecular formula is C24H29ClFN3O2. The Morgan fingerprint density at radius 3 is 2.48 bits per heavy atom. The fraction of sp³-hybridized carbons (Fsp3) is 0.375. The van der Waals surface area contributed by atoms with Crippen LogP contribution >= 0.6 is 12.4 Å². The lowest BCUT2D eigenvalue weighted by Crippen LogP contribution is -2.46. The molecule has 166 valence electrons. The first kappa shape index (κ1) is 23.1. The first-order valence-corrected chi connectivity index (χ1v) is 10.5. The molecule has 0 spiro atoms. The average molecular weight is 446 g/mol. The Hall–Kier alpha value is -2.57. The SMILES string of the molecule is COc1ccccc1N1CCN(CCCCc2cc(-c3ccc(F)cc3)no2)CC1.Cl. The lowest BCUT2D eigenvalue weighted by Gasteiger charge is -2.36. The van der Waals surface area contributed by atoms with Crippen molar-refractivity contribution in [1.82, 2.24) is 10.1 Å². The van der Waals surface area contributed by atoms with Gasteiger partial charge in [0, 0.05) is 44.2 Å². The molecule has 0 atom stereocenters. The molecule has 1 fully saturated rings. The summed E-state index contributed by atoms with van der Waals surface area (Å²) < 4.78 is 24.0. The Balaban J connectivity index is 0.00000272. The summed E-state index contributed by atoms with van der Waals surface area (Å²) in [6.45, 7) is 5.26. The lowest BCUT2D eigenvalue weighted by atomic mass is 10.1. The van der Waals surface area contributed by atoms with Gasteiger partial charge in [-0.25, -0.2) is 4.39 Å². The van der Waals surface area contributed by atoms with Gasteiger partial charge >= 0.3 is 0 Å². The summed E-state index contributed by atoms with van der Waals surface area (Å²) in [6.07, 6.45) is 3.06. The minimum absolute atomic E-state index is 0. The van der Waals surface area contributed by atoms with E-state index in [1.165, 1.54) is 17.8 Å². The molecular weight excluding hydrogens is 417 g/mol. The van der Waals surface area contributed by atoms with E-state index < -0.39 is 0 Å². The molecule has 2 aromatic carbocycles. The summed E-state index contributed by atoms with van der Waals surface area (Å²) in [5.74, 6) is 1.58. The second-order valence-electron chi connectivity index (χ2n) is 7.64. The van der Waals surface area contributed by atoms with Gasteiger partial charge in [0.2, 0.25) is 0 Å². The zero-order valence-electron chi connectivity index (χ0n) is 17.8. The van der Waals surface area contributed by atoms with Crippen LogP contribution in [0.1, 0.15) is 18.6 Å². The van der Waals surface area contributed by atoms with E-state index in [2.05, 4.69) is 27.1 Å².